The molecule has 0 aliphatic carbocycles. The third kappa shape index (κ3) is 1.82. The summed E-state index contributed by atoms with van der Waals surface area (Å²) in [5.41, 5.74) is 1.37. The number of aromatic amines is 1. The van der Waals surface area contributed by atoms with Crippen molar-refractivity contribution in [3.05, 3.63) is 23.9 Å². The van der Waals surface area contributed by atoms with Gasteiger partial charge in [-0.15, -0.1) is 0 Å². The molecule has 6 heteroatoms. The first-order valence-electron chi connectivity index (χ1n) is 6.58. The number of nitrogens with zero attached hydrogens (tertiary/aromatic N) is 2. The topological polar surface area (TPSA) is 70.9 Å². The Hall–Kier alpha value is -1.84. The molecule has 1 fully saturated rings. The molecule has 0 spiro atoms. The Morgan fingerprint density at radius 1 is 1.20 bits per heavy atom. The van der Waals surface area contributed by atoms with Crippen LogP contribution in [0.5, 0.6) is 0 Å². The summed E-state index contributed by atoms with van der Waals surface area (Å²) in [5.74, 6) is 0. The number of benzene rings is 1. The second kappa shape index (κ2) is 4.08. The highest BCUT2D eigenvalue weighted by molar-refractivity contribution is 6.62. The van der Waals surface area contributed by atoms with Gasteiger partial charge in [0.15, 0.2) is 5.69 Å². The van der Waals surface area contributed by atoms with Crippen molar-refractivity contribution < 1.29 is 9.31 Å². The van der Waals surface area contributed by atoms with Gasteiger partial charge in [0.05, 0.1) is 16.7 Å². The van der Waals surface area contributed by atoms with Gasteiger partial charge >= 0.3 is 7.12 Å². The molecule has 2 heterocycles. The Kier molecular flexibility index (Phi) is 2.68. The van der Waals surface area contributed by atoms with Gasteiger partial charge < -0.3 is 9.31 Å². The van der Waals surface area contributed by atoms with Gasteiger partial charge in [-0.25, -0.2) is 0 Å². The SMILES string of the molecule is CC1(C)OB(c2ccc3[nH]nc(C#N)c3c2)OC1(C)C. The number of hydrogen-bond acceptors (Lipinski definition) is 4. The fourth-order valence-electron chi connectivity index (χ4n) is 2.24. The summed E-state index contributed by atoms with van der Waals surface area (Å²) in [6.07, 6.45) is 0. The van der Waals surface area contributed by atoms with E-state index in [1.165, 1.54) is 0 Å². The van der Waals surface area contributed by atoms with Crippen molar-refractivity contribution in [1.29, 1.82) is 5.26 Å². The van der Waals surface area contributed by atoms with E-state index < -0.39 is 7.12 Å². The van der Waals surface area contributed by atoms with Crippen molar-refractivity contribution in [1.82, 2.24) is 10.2 Å². The molecule has 5 nitrogen and oxygen atoms in total. The van der Waals surface area contributed by atoms with Crippen LogP contribution in [0.2, 0.25) is 0 Å². The third-order valence-corrected chi connectivity index (χ3v) is 4.22. The highest BCUT2D eigenvalue weighted by Crippen LogP contribution is 2.36. The van der Waals surface area contributed by atoms with Crippen LogP contribution in [0.3, 0.4) is 0 Å². The molecule has 0 amide bonds. The maximum Gasteiger partial charge on any atom is 0.494 e. The molecule has 20 heavy (non-hydrogen) atoms. The zero-order valence-corrected chi connectivity index (χ0v) is 12.0. The zero-order valence-electron chi connectivity index (χ0n) is 12.0. The second-order valence-corrected chi connectivity index (χ2v) is 6.08. The van der Waals surface area contributed by atoms with Crippen molar-refractivity contribution in [2.45, 2.75) is 38.9 Å². The Labute approximate surface area is 118 Å². The molecule has 1 aliphatic heterocycles. The van der Waals surface area contributed by atoms with Gasteiger partial charge in [0, 0.05) is 5.39 Å². The highest BCUT2D eigenvalue weighted by Gasteiger charge is 2.51. The quantitative estimate of drug-likeness (QED) is 0.800. The third-order valence-electron chi connectivity index (χ3n) is 4.22. The number of nitriles is 1. The number of rotatable bonds is 1. The van der Waals surface area contributed by atoms with E-state index in [9.17, 15) is 0 Å². The summed E-state index contributed by atoms with van der Waals surface area (Å²) in [6.45, 7) is 8.07. The van der Waals surface area contributed by atoms with Crippen molar-refractivity contribution >= 4 is 23.5 Å². The van der Waals surface area contributed by atoms with E-state index in [4.69, 9.17) is 14.6 Å². The van der Waals surface area contributed by atoms with Gasteiger partial charge in [-0.05, 0) is 39.2 Å². The minimum absolute atomic E-state index is 0.374. The smallest absolute Gasteiger partial charge is 0.399 e. The minimum atomic E-state index is -0.425. The van der Waals surface area contributed by atoms with Crippen molar-refractivity contribution in [3.63, 3.8) is 0 Å². The largest absolute Gasteiger partial charge is 0.494 e. The Balaban J connectivity index is 2.02. The summed E-state index contributed by atoms with van der Waals surface area (Å²) >= 11 is 0. The highest BCUT2D eigenvalue weighted by atomic mass is 16.7. The average Bonchev–Trinajstić information content (AvgIpc) is 2.87. The van der Waals surface area contributed by atoms with Gasteiger partial charge in [0.25, 0.3) is 0 Å². The van der Waals surface area contributed by atoms with Crippen LogP contribution in [0.1, 0.15) is 33.4 Å². The molecule has 102 valence electrons. The van der Waals surface area contributed by atoms with Crippen LogP contribution in [0.15, 0.2) is 18.2 Å². The summed E-state index contributed by atoms with van der Waals surface area (Å²) < 4.78 is 12.0. The van der Waals surface area contributed by atoms with E-state index in [1.807, 2.05) is 45.9 Å². The zero-order chi connectivity index (χ0) is 14.5. The summed E-state index contributed by atoms with van der Waals surface area (Å²) in [6, 6.07) is 7.81. The number of aromatic nitrogens is 2. The van der Waals surface area contributed by atoms with Crippen LogP contribution >= 0.6 is 0 Å². The van der Waals surface area contributed by atoms with Gasteiger partial charge in [0.2, 0.25) is 0 Å². The summed E-state index contributed by atoms with van der Waals surface area (Å²) in [4.78, 5) is 0. The molecule has 2 aromatic rings. The van der Waals surface area contributed by atoms with E-state index in [-0.39, 0.29) is 11.2 Å². The molecular formula is C14H16BN3O2. The molecule has 3 rings (SSSR count). The van der Waals surface area contributed by atoms with Crippen molar-refractivity contribution in [3.8, 4) is 6.07 Å². The fraction of sp³-hybridized carbons (Fsp3) is 0.429. The number of H-pyrrole nitrogens is 1. The Morgan fingerprint density at radius 3 is 2.45 bits per heavy atom. The van der Waals surface area contributed by atoms with Crippen LogP contribution in [-0.2, 0) is 9.31 Å². The van der Waals surface area contributed by atoms with Crippen LogP contribution in [0.4, 0.5) is 0 Å². The van der Waals surface area contributed by atoms with Crippen LogP contribution < -0.4 is 5.46 Å². The second-order valence-electron chi connectivity index (χ2n) is 6.08. The van der Waals surface area contributed by atoms with Crippen LogP contribution in [-0.4, -0.2) is 28.5 Å². The standard InChI is InChI=1S/C14H16BN3O2/c1-13(2)14(3,4)20-15(19-13)9-5-6-11-10(7-9)12(8-16)18-17-11/h5-7H,1-4H3,(H,17,18). The molecule has 0 unspecified atom stereocenters. The predicted octanol–water partition coefficient (Wildman–Crippen LogP) is 1.73. The summed E-state index contributed by atoms with van der Waals surface area (Å²) in [7, 11) is -0.425. The molecule has 1 aliphatic rings. The lowest BCUT2D eigenvalue weighted by Gasteiger charge is -2.32. The van der Waals surface area contributed by atoms with E-state index in [0.717, 1.165) is 16.4 Å². The van der Waals surface area contributed by atoms with E-state index in [2.05, 4.69) is 16.3 Å². The van der Waals surface area contributed by atoms with E-state index in [0.29, 0.717) is 5.69 Å². The molecule has 1 N–H and O–H groups in total. The lowest BCUT2D eigenvalue weighted by molar-refractivity contribution is 0.00578. The minimum Gasteiger partial charge on any atom is -0.399 e. The van der Waals surface area contributed by atoms with Gasteiger partial charge in [-0.3, -0.25) is 5.10 Å². The number of nitrogens with one attached hydrogen (secondary N) is 1. The molecule has 1 saturated heterocycles. The maximum absolute atomic E-state index is 9.05. The average molecular weight is 269 g/mol. The lowest BCUT2D eigenvalue weighted by atomic mass is 9.78. The predicted molar refractivity (Wildman–Crippen MR) is 76.5 cm³/mol. The molecule has 1 aromatic heterocycles. The fourth-order valence-corrected chi connectivity index (χ4v) is 2.24. The van der Waals surface area contributed by atoms with E-state index >= 15 is 0 Å². The molecular weight excluding hydrogens is 253 g/mol. The molecule has 0 bridgehead atoms. The molecule has 1 aromatic carbocycles. The van der Waals surface area contributed by atoms with Crippen molar-refractivity contribution in [2.24, 2.45) is 0 Å². The Bertz CT molecular complexity index is 699. The molecule has 0 saturated carbocycles. The monoisotopic (exact) mass is 269 g/mol. The molecule has 0 atom stereocenters. The number of fused-ring (bicyclic) bond motifs is 1. The first-order valence-corrected chi connectivity index (χ1v) is 6.58. The number of hydrogen-bond donors (Lipinski definition) is 1. The van der Waals surface area contributed by atoms with E-state index in [1.54, 1.807) is 0 Å². The van der Waals surface area contributed by atoms with Gasteiger partial charge in [0.1, 0.15) is 6.07 Å². The van der Waals surface area contributed by atoms with Crippen LogP contribution in [0, 0.1) is 11.3 Å². The van der Waals surface area contributed by atoms with Gasteiger partial charge in [-0.2, -0.15) is 10.4 Å². The Morgan fingerprint density at radius 2 is 1.85 bits per heavy atom. The first-order chi connectivity index (χ1) is 9.34. The van der Waals surface area contributed by atoms with Crippen LogP contribution in [0.25, 0.3) is 10.9 Å². The van der Waals surface area contributed by atoms with Gasteiger partial charge in [-0.1, -0.05) is 12.1 Å². The summed E-state index contributed by atoms with van der Waals surface area (Å²) in [5, 5.41) is 16.6. The first kappa shape index (κ1) is 13.2. The lowest BCUT2D eigenvalue weighted by Crippen LogP contribution is -2.41. The maximum atomic E-state index is 9.05. The normalized spacial score (nSPS) is 20.2. The molecule has 0 radical (unpaired) electrons. The van der Waals surface area contributed by atoms with Crippen molar-refractivity contribution in [2.75, 3.05) is 0 Å².